The molecule has 0 bridgehead atoms. The Hall–Kier alpha value is -2.28. The topological polar surface area (TPSA) is 86.7 Å². The van der Waals surface area contributed by atoms with Gasteiger partial charge in [-0.1, -0.05) is 12.8 Å². The van der Waals surface area contributed by atoms with E-state index in [0.29, 0.717) is 11.7 Å². The van der Waals surface area contributed by atoms with Gasteiger partial charge in [0.05, 0.1) is 20.9 Å². The first kappa shape index (κ1) is 15.9. The number of aryl methyl sites for hydroxylation is 1. The summed E-state index contributed by atoms with van der Waals surface area (Å²) in [6.45, 7) is 2.01. The molecule has 1 aromatic carbocycles. The average molecular weight is 367 g/mol. The molecule has 134 valence electrons. The van der Waals surface area contributed by atoms with Crippen molar-refractivity contribution in [1.29, 1.82) is 0 Å². The van der Waals surface area contributed by atoms with E-state index in [1.807, 2.05) is 23.7 Å². The molecular formula is C19H21N5OS. The lowest BCUT2D eigenvalue weighted by Gasteiger charge is -2.12. The van der Waals surface area contributed by atoms with Gasteiger partial charge in [0.1, 0.15) is 11.2 Å². The standard InChI is InChI=1S/C19H21N5OS/c1-11-21-14-7-6-13(10-15(14)26-11)24-18(19(8-9-19)17(20)25)22-16(23-24)12-4-2-3-5-12/h6-7,10,12H,2-5,8-9H2,1H3,(H2,20,25). The van der Waals surface area contributed by atoms with Gasteiger partial charge in [0.15, 0.2) is 5.82 Å². The predicted molar refractivity (Wildman–Crippen MR) is 101 cm³/mol. The number of nitrogens with zero attached hydrogens (tertiary/aromatic N) is 4. The third-order valence-corrected chi connectivity index (χ3v) is 6.65. The molecular weight excluding hydrogens is 346 g/mol. The van der Waals surface area contributed by atoms with Gasteiger partial charge in [-0.2, -0.15) is 5.10 Å². The number of fused-ring (bicyclic) bond motifs is 1. The average Bonchev–Trinajstić information content (AvgIpc) is 3.00. The molecule has 0 unspecified atom stereocenters. The number of carbonyl (C=O) groups excluding carboxylic acids is 1. The molecule has 0 spiro atoms. The van der Waals surface area contributed by atoms with Gasteiger partial charge in [-0.3, -0.25) is 4.79 Å². The number of carbonyl (C=O) groups is 1. The predicted octanol–water partition coefficient (Wildman–Crippen LogP) is 3.36. The van der Waals surface area contributed by atoms with Crippen molar-refractivity contribution in [3.05, 3.63) is 34.9 Å². The number of rotatable bonds is 4. The minimum Gasteiger partial charge on any atom is -0.369 e. The maximum absolute atomic E-state index is 12.1. The number of nitrogens with two attached hydrogens (primary N) is 1. The van der Waals surface area contributed by atoms with Gasteiger partial charge in [0, 0.05) is 5.92 Å². The van der Waals surface area contributed by atoms with Crippen molar-refractivity contribution in [2.75, 3.05) is 0 Å². The first-order chi connectivity index (χ1) is 12.6. The maximum Gasteiger partial charge on any atom is 0.231 e. The van der Waals surface area contributed by atoms with E-state index in [0.717, 1.165) is 52.4 Å². The minimum absolute atomic E-state index is 0.293. The molecule has 2 N–H and O–H groups in total. The van der Waals surface area contributed by atoms with E-state index in [2.05, 4.69) is 11.1 Å². The summed E-state index contributed by atoms with van der Waals surface area (Å²) in [5.41, 5.74) is 7.01. The maximum atomic E-state index is 12.1. The molecule has 2 fully saturated rings. The second-order valence-electron chi connectivity index (χ2n) is 7.52. The van der Waals surface area contributed by atoms with E-state index in [1.165, 1.54) is 12.8 Å². The Balaban J connectivity index is 1.66. The Labute approximate surface area is 155 Å². The Morgan fingerprint density at radius 2 is 2.04 bits per heavy atom. The highest BCUT2D eigenvalue weighted by Crippen LogP contribution is 2.48. The molecule has 2 aliphatic rings. The quantitative estimate of drug-likeness (QED) is 0.766. The summed E-state index contributed by atoms with van der Waals surface area (Å²) in [4.78, 5) is 21.5. The normalized spacial score (nSPS) is 19.3. The van der Waals surface area contributed by atoms with Crippen molar-refractivity contribution < 1.29 is 4.79 Å². The number of aromatic nitrogens is 4. The second-order valence-corrected chi connectivity index (χ2v) is 8.75. The molecule has 26 heavy (non-hydrogen) atoms. The molecule has 2 aliphatic carbocycles. The number of hydrogen-bond donors (Lipinski definition) is 1. The zero-order chi connectivity index (χ0) is 17.9. The molecule has 1 amide bonds. The van der Waals surface area contributed by atoms with E-state index in [-0.39, 0.29) is 5.91 Å². The summed E-state index contributed by atoms with van der Waals surface area (Å²) in [6.07, 6.45) is 6.21. The molecule has 2 saturated carbocycles. The van der Waals surface area contributed by atoms with Crippen LogP contribution in [-0.4, -0.2) is 25.7 Å². The fraction of sp³-hybridized carbons (Fsp3) is 0.474. The van der Waals surface area contributed by atoms with Gasteiger partial charge in [-0.25, -0.2) is 14.6 Å². The highest BCUT2D eigenvalue weighted by atomic mass is 32.1. The number of hydrogen-bond acceptors (Lipinski definition) is 5. The third-order valence-electron chi connectivity index (χ3n) is 5.72. The minimum atomic E-state index is -0.650. The van der Waals surface area contributed by atoms with Crippen LogP contribution >= 0.6 is 11.3 Å². The summed E-state index contributed by atoms with van der Waals surface area (Å²) in [5.74, 6) is 1.69. The molecule has 5 rings (SSSR count). The summed E-state index contributed by atoms with van der Waals surface area (Å²) in [5, 5.41) is 5.89. The number of primary amides is 1. The van der Waals surface area contributed by atoms with E-state index < -0.39 is 5.41 Å². The molecule has 2 aromatic heterocycles. The zero-order valence-electron chi connectivity index (χ0n) is 14.7. The van der Waals surface area contributed by atoms with Crippen LogP contribution in [0.25, 0.3) is 15.9 Å². The summed E-state index contributed by atoms with van der Waals surface area (Å²) in [7, 11) is 0. The van der Waals surface area contributed by atoms with Crippen LogP contribution in [0.1, 0.15) is 61.1 Å². The van der Waals surface area contributed by atoms with Crippen LogP contribution in [0.3, 0.4) is 0 Å². The highest BCUT2D eigenvalue weighted by Gasteiger charge is 2.54. The van der Waals surface area contributed by atoms with Gasteiger partial charge >= 0.3 is 0 Å². The number of benzene rings is 1. The number of amides is 1. The monoisotopic (exact) mass is 367 g/mol. The van der Waals surface area contributed by atoms with Crippen molar-refractivity contribution in [3.63, 3.8) is 0 Å². The van der Waals surface area contributed by atoms with E-state index >= 15 is 0 Å². The highest BCUT2D eigenvalue weighted by molar-refractivity contribution is 7.18. The van der Waals surface area contributed by atoms with Gasteiger partial charge in [-0.05, 0) is 50.8 Å². The van der Waals surface area contributed by atoms with Gasteiger partial charge in [-0.15, -0.1) is 11.3 Å². The van der Waals surface area contributed by atoms with E-state index in [1.54, 1.807) is 11.3 Å². The fourth-order valence-electron chi connectivity index (χ4n) is 4.04. The van der Waals surface area contributed by atoms with Gasteiger partial charge < -0.3 is 5.73 Å². The summed E-state index contributed by atoms with van der Waals surface area (Å²) >= 11 is 1.66. The summed E-state index contributed by atoms with van der Waals surface area (Å²) < 4.78 is 2.98. The first-order valence-corrected chi connectivity index (χ1v) is 10.0. The molecule has 0 radical (unpaired) electrons. The Kier molecular flexibility index (Phi) is 3.44. The molecule has 0 atom stereocenters. The van der Waals surface area contributed by atoms with Crippen LogP contribution in [0, 0.1) is 6.92 Å². The van der Waals surface area contributed by atoms with Crippen LogP contribution in [0.2, 0.25) is 0 Å². The number of thiazole rings is 1. The fourth-order valence-corrected chi connectivity index (χ4v) is 4.90. The lowest BCUT2D eigenvalue weighted by molar-refractivity contribution is -0.120. The molecule has 2 heterocycles. The van der Waals surface area contributed by atoms with Gasteiger partial charge in [0.25, 0.3) is 0 Å². The van der Waals surface area contributed by atoms with Crippen molar-refractivity contribution >= 4 is 27.5 Å². The van der Waals surface area contributed by atoms with Crippen molar-refractivity contribution in [2.24, 2.45) is 5.73 Å². The lowest BCUT2D eigenvalue weighted by atomic mass is 10.1. The van der Waals surface area contributed by atoms with Gasteiger partial charge in [0.2, 0.25) is 5.91 Å². The molecule has 0 saturated heterocycles. The van der Waals surface area contributed by atoms with Crippen LogP contribution < -0.4 is 5.73 Å². The Morgan fingerprint density at radius 3 is 2.73 bits per heavy atom. The molecule has 3 aromatic rings. The van der Waals surface area contributed by atoms with Crippen LogP contribution in [-0.2, 0) is 10.2 Å². The van der Waals surface area contributed by atoms with Crippen LogP contribution in [0.5, 0.6) is 0 Å². The summed E-state index contributed by atoms with van der Waals surface area (Å²) in [6, 6.07) is 6.11. The lowest BCUT2D eigenvalue weighted by Crippen LogP contribution is -2.31. The first-order valence-electron chi connectivity index (χ1n) is 9.22. The molecule has 6 nitrogen and oxygen atoms in total. The molecule has 7 heteroatoms. The molecule has 0 aliphatic heterocycles. The SMILES string of the molecule is Cc1nc2ccc(-n3nc(C4CCCC4)nc3C3(C(N)=O)CC3)cc2s1. The van der Waals surface area contributed by atoms with Crippen molar-refractivity contribution in [2.45, 2.75) is 56.8 Å². The Bertz CT molecular complexity index is 1010. The van der Waals surface area contributed by atoms with Crippen LogP contribution in [0.15, 0.2) is 18.2 Å². The van der Waals surface area contributed by atoms with Crippen molar-refractivity contribution in [3.8, 4) is 5.69 Å². The van der Waals surface area contributed by atoms with E-state index in [4.69, 9.17) is 15.8 Å². The zero-order valence-corrected chi connectivity index (χ0v) is 15.6. The van der Waals surface area contributed by atoms with E-state index in [9.17, 15) is 4.79 Å². The largest absolute Gasteiger partial charge is 0.369 e. The Morgan fingerprint density at radius 1 is 1.27 bits per heavy atom. The van der Waals surface area contributed by atoms with Crippen molar-refractivity contribution in [1.82, 2.24) is 19.7 Å². The smallest absolute Gasteiger partial charge is 0.231 e. The second kappa shape index (κ2) is 5.61. The third kappa shape index (κ3) is 2.37. The van der Waals surface area contributed by atoms with Crippen LogP contribution in [0.4, 0.5) is 0 Å².